The Morgan fingerprint density at radius 1 is 1.09 bits per heavy atom. The third kappa shape index (κ3) is 3.54. The highest BCUT2D eigenvalue weighted by atomic mass is 16.5. The summed E-state index contributed by atoms with van der Waals surface area (Å²) in [6, 6.07) is 0.0909. The van der Waals surface area contributed by atoms with E-state index < -0.39 is 11.8 Å². The van der Waals surface area contributed by atoms with E-state index >= 15 is 0 Å². The Labute approximate surface area is 138 Å². The molecule has 5 nitrogen and oxygen atoms in total. The Balaban J connectivity index is 1.51. The lowest BCUT2D eigenvalue weighted by molar-refractivity contribution is -0.141. The monoisotopic (exact) mass is 322 g/mol. The number of carbonyl (C=O) groups is 2. The van der Waals surface area contributed by atoms with E-state index in [1.54, 1.807) is 7.11 Å². The maximum atomic E-state index is 12.2. The third-order valence-electron chi connectivity index (χ3n) is 6.37. The molecule has 0 saturated heterocycles. The zero-order valence-corrected chi connectivity index (χ0v) is 14.4. The highest BCUT2D eigenvalue weighted by Gasteiger charge is 2.53. The first kappa shape index (κ1) is 16.7. The van der Waals surface area contributed by atoms with Crippen LogP contribution in [0.15, 0.2) is 0 Å². The Hall–Kier alpha value is -1.10. The molecule has 0 aromatic heterocycles. The molecular weight excluding hydrogens is 292 g/mol. The van der Waals surface area contributed by atoms with Crippen molar-refractivity contribution in [3.63, 3.8) is 0 Å². The molecule has 0 spiro atoms. The van der Waals surface area contributed by atoms with Crippen molar-refractivity contribution in [1.82, 2.24) is 10.6 Å². The molecule has 0 aromatic rings. The van der Waals surface area contributed by atoms with E-state index in [0.29, 0.717) is 13.2 Å². The van der Waals surface area contributed by atoms with Crippen LogP contribution in [0.5, 0.6) is 0 Å². The van der Waals surface area contributed by atoms with Gasteiger partial charge in [-0.2, -0.15) is 0 Å². The second-order valence-corrected chi connectivity index (χ2v) is 8.08. The summed E-state index contributed by atoms with van der Waals surface area (Å²) in [6.45, 7) is 3.17. The summed E-state index contributed by atoms with van der Waals surface area (Å²) < 4.78 is 4.93. The van der Waals surface area contributed by atoms with E-state index in [1.807, 2.05) is 0 Å². The van der Waals surface area contributed by atoms with Crippen molar-refractivity contribution in [3.05, 3.63) is 0 Å². The van der Waals surface area contributed by atoms with Gasteiger partial charge in [0, 0.05) is 26.3 Å². The van der Waals surface area contributed by atoms with Gasteiger partial charge in [0.15, 0.2) is 0 Å². The number of nitrogens with one attached hydrogen (secondary N) is 2. The van der Waals surface area contributed by atoms with Crippen molar-refractivity contribution in [2.75, 3.05) is 20.3 Å². The smallest absolute Gasteiger partial charge is 0.309 e. The molecular formula is C18H30N2O3. The van der Waals surface area contributed by atoms with Crippen molar-refractivity contribution in [2.45, 2.75) is 57.9 Å². The maximum Gasteiger partial charge on any atom is 0.309 e. The molecule has 1 atom stereocenters. The number of rotatable bonds is 6. The number of hydrogen-bond acceptors (Lipinski definition) is 3. The molecule has 0 aromatic carbocycles. The first-order valence-electron chi connectivity index (χ1n) is 9.10. The van der Waals surface area contributed by atoms with Crippen LogP contribution in [-0.2, 0) is 14.3 Å². The molecule has 23 heavy (non-hydrogen) atoms. The highest BCUT2D eigenvalue weighted by Crippen LogP contribution is 2.61. The average Bonchev–Trinajstić information content (AvgIpc) is 2.50. The van der Waals surface area contributed by atoms with Gasteiger partial charge in [0.1, 0.15) is 0 Å². The molecule has 4 aliphatic carbocycles. The third-order valence-corrected chi connectivity index (χ3v) is 6.37. The van der Waals surface area contributed by atoms with Gasteiger partial charge in [0.2, 0.25) is 0 Å². The summed E-state index contributed by atoms with van der Waals surface area (Å²) in [5.74, 6) is 1.55. The molecule has 4 bridgehead atoms. The fraction of sp³-hybridized carbons (Fsp3) is 0.889. The summed E-state index contributed by atoms with van der Waals surface area (Å²) in [5, 5.41) is 5.66. The molecule has 5 heteroatoms. The van der Waals surface area contributed by atoms with Crippen LogP contribution in [0.25, 0.3) is 0 Å². The highest BCUT2D eigenvalue weighted by molar-refractivity contribution is 6.35. The minimum atomic E-state index is -0.516. The maximum absolute atomic E-state index is 12.2. The molecule has 130 valence electrons. The summed E-state index contributed by atoms with van der Waals surface area (Å²) in [7, 11) is 1.63. The topological polar surface area (TPSA) is 67.4 Å². The lowest BCUT2D eigenvalue weighted by Crippen LogP contribution is -2.57. The van der Waals surface area contributed by atoms with E-state index in [1.165, 1.54) is 38.5 Å². The zero-order valence-electron chi connectivity index (χ0n) is 14.4. The van der Waals surface area contributed by atoms with E-state index in [0.717, 1.165) is 24.2 Å². The number of ether oxygens (including phenoxy) is 1. The lowest BCUT2D eigenvalue weighted by Gasteiger charge is -2.59. The van der Waals surface area contributed by atoms with Gasteiger partial charge in [0.25, 0.3) is 0 Å². The second-order valence-electron chi connectivity index (χ2n) is 8.08. The van der Waals surface area contributed by atoms with Crippen molar-refractivity contribution in [3.8, 4) is 0 Å². The fourth-order valence-electron chi connectivity index (χ4n) is 5.62. The van der Waals surface area contributed by atoms with Gasteiger partial charge < -0.3 is 15.4 Å². The quantitative estimate of drug-likeness (QED) is 0.579. The molecule has 2 N–H and O–H groups in total. The predicted octanol–water partition coefficient (Wildman–Crippen LogP) is 1.86. The Morgan fingerprint density at radius 3 is 2.17 bits per heavy atom. The summed E-state index contributed by atoms with van der Waals surface area (Å²) in [5.41, 5.74) is 0.237. The number of methoxy groups -OCH3 is 1. The first-order chi connectivity index (χ1) is 11.0. The largest absolute Gasteiger partial charge is 0.385 e. The Bertz CT molecular complexity index is 428. The van der Waals surface area contributed by atoms with Crippen LogP contribution < -0.4 is 10.6 Å². The molecule has 4 rings (SSSR count). The number of hydrogen-bond donors (Lipinski definition) is 2. The molecule has 0 aliphatic heterocycles. The van der Waals surface area contributed by atoms with Crippen molar-refractivity contribution in [2.24, 2.45) is 23.2 Å². The van der Waals surface area contributed by atoms with Gasteiger partial charge in [-0.05, 0) is 75.0 Å². The minimum absolute atomic E-state index is 0.0909. The van der Waals surface area contributed by atoms with E-state index in [-0.39, 0.29) is 11.5 Å². The first-order valence-corrected chi connectivity index (χ1v) is 9.10. The van der Waals surface area contributed by atoms with E-state index in [4.69, 9.17) is 4.74 Å². The van der Waals surface area contributed by atoms with Gasteiger partial charge in [-0.3, -0.25) is 9.59 Å². The van der Waals surface area contributed by atoms with Crippen LogP contribution in [0, 0.1) is 23.2 Å². The van der Waals surface area contributed by atoms with E-state index in [9.17, 15) is 9.59 Å². The van der Waals surface area contributed by atoms with Crippen molar-refractivity contribution < 1.29 is 14.3 Å². The van der Waals surface area contributed by atoms with Crippen LogP contribution in [0.4, 0.5) is 0 Å². The summed E-state index contributed by atoms with van der Waals surface area (Å²) in [6.07, 6.45) is 8.58. The normalized spacial score (nSPS) is 35.8. The minimum Gasteiger partial charge on any atom is -0.385 e. The van der Waals surface area contributed by atoms with Crippen LogP contribution in [0.3, 0.4) is 0 Å². The standard InChI is InChI=1S/C18H30N2O3/c1-12(20-17(22)16(21)19-4-3-5-23-2)18-9-13-6-14(10-18)8-15(7-13)11-18/h12-15H,3-11H2,1-2H3,(H,19,21)(H,20,22). The molecule has 1 unspecified atom stereocenters. The molecule has 2 amide bonds. The van der Waals surface area contributed by atoms with Gasteiger partial charge in [-0.15, -0.1) is 0 Å². The van der Waals surface area contributed by atoms with Crippen LogP contribution in [0.1, 0.15) is 51.9 Å². The molecule has 0 radical (unpaired) electrons. The Morgan fingerprint density at radius 2 is 1.65 bits per heavy atom. The summed E-state index contributed by atoms with van der Waals surface area (Å²) >= 11 is 0. The molecule has 4 aliphatic rings. The molecule has 4 saturated carbocycles. The second kappa shape index (κ2) is 6.80. The molecule has 4 fully saturated rings. The van der Waals surface area contributed by atoms with Crippen LogP contribution in [-0.4, -0.2) is 38.1 Å². The fourth-order valence-corrected chi connectivity index (χ4v) is 5.62. The van der Waals surface area contributed by atoms with Crippen LogP contribution >= 0.6 is 0 Å². The van der Waals surface area contributed by atoms with Crippen molar-refractivity contribution >= 4 is 11.8 Å². The van der Waals surface area contributed by atoms with Crippen LogP contribution in [0.2, 0.25) is 0 Å². The SMILES string of the molecule is COCCCNC(=O)C(=O)NC(C)C12CC3CC(CC(C3)C1)C2. The average molecular weight is 322 g/mol. The predicted molar refractivity (Wildman–Crippen MR) is 87.7 cm³/mol. The van der Waals surface area contributed by atoms with Crippen molar-refractivity contribution in [1.29, 1.82) is 0 Å². The van der Waals surface area contributed by atoms with Gasteiger partial charge in [-0.25, -0.2) is 0 Å². The number of amides is 2. The number of carbonyl (C=O) groups excluding carboxylic acids is 2. The Kier molecular flexibility index (Phi) is 4.95. The summed E-state index contributed by atoms with van der Waals surface area (Å²) in [4.78, 5) is 24.1. The van der Waals surface area contributed by atoms with Gasteiger partial charge >= 0.3 is 11.8 Å². The zero-order chi connectivity index (χ0) is 16.4. The van der Waals surface area contributed by atoms with Gasteiger partial charge in [0.05, 0.1) is 0 Å². The van der Waals surface area contributed by atoms with Gasteiger partial charge in [-0.1, -0.05) is 0 Å². The van der Waals surface area contributed by atoms with E-state index in [2.05, 4.69) is 17.6 Å². The lowest BCUT2D eigenvalue weighted by atomic mass is 9.48. The molecule has 0 heterocycles.